The molecular formula is C27H40N4O2. The van der Waals surface area contributed by atoms with Gasteiger partial charge in [-0.15, -0.1) is 0 Å². The first-order valence-electron chi connectivity index (χ1n) is 12.5. The lowest BCUT2D eigenvalue weighted by molar-refractivity contribution is -0.134. The van der Waals surface area contributed by atoms with E-state index >= 15 is 0 Å². The Bertz CT molecular complexity index is 837. The van der Waals surface area contributed by atoms with Crippen molar-refractivity contribution in [3.05, 3.63) is 59.7 Å². The number of benzene rings is 2. The van der Waals surface area contributed by atoms with Crippen molar-refractivity contribution in [3.63, 3.8) is 0 Å². The summed E-state index contributed by atoms with van der Waals surface area (Å²) < 4.78 is 0. The Balaban J connectivity index is 1.38. The van der Waals surface area contributed by atoms with E-state index < -0.39 is 0 Å². The number of rotatable bonds is 13. The Hall–Kier alpha value is -2.57. The Morgan fingerprint density at radius 1 is 0.909 bits per heavy atom. The number of nitrogen functional groups attached to an aromatic ring is 1. The van der Waals surface area contributed by atoms with Crippen molar-refractivity contribution < 1.29 is 9.90 Å². The summed E-state index contributed by atoms with van der Waals surface area (Å²) in [4.78, 5) is 15.2. The van der Waals surface area contributed by atoms with Crippen LogP contribution in [0.4, 0.5) is 5.69 Å². The predicted octanol–water partition coefficient (Wildman–Crippen LogP) is 3.49. The average molecular weight is 453 g/mol. The fourth-order valence-electron chi connectivity index (χ4n) is 4.56. The standard InChI is InChI=1S/C27H40N4O2/c28-25-21-23(11-12-26(25)32)14-17-30-19-20-31(24-9-5-2-6-10-24)27(33)15-18-29-16-13-22-7-3-1-4-8-22/h1,3-4,7-8,11-12,21,24,29-30,32H,2,5-6,9-10,13-20,28H2. The van der Waals surface area contributed by atoms with Crippen LogP contribution >= 0.6 is 0 Å². The molecule has 0 atom stereocenters. The van der Waals surface area contributed by atoms with Crippen LogP contribution in [0.2, 0.25) is 0 Å². The SMILES string of the molecule is Nc1cc(CCNCCN(C(=O)CCNCCc2ccccc2)C2CCCCC2)ccc1O. The molecule has 1 aliphatic carbocycles. The molecule has 1 amide bonds. The minimum atomic E-state index is 0.128. The van der Waals surface area contributed by atoms with Crippen LogP contribution < -0.4 is 16.4 Å². The molecule has 33 heavy (non-hydrogen) atoms. The molecule has 6 heteroatoms. The summed E-state index contributed by atoms with van der Waals surface area (Å²) in [6, 6.07) is 16.2. The normalized spacial score (nSPS) is 14.3. The highest BCUT2D eigenvalue weighted by molar-refractivity contribution is 5.76. The van der Waals surface area contributed by atoms with E-state index in [2.05, 4.69) is 39.8 Å². The molecule has 0 spiro atoms. The molecule has 2 aromatic carbocycles. The van der Waals surface area contributed by atoms with Crippen LogP contribution in [0, 0.1) is 0 Å². The lowest BCUT2D eigenvalue weighted by Gasteiger charge is -2.34. The second-order valence-electron chi connectivity index (χ2n) is 9.01. The summed E-state index contributed by atoms with van der Waals surface area (Å²) >= 11 is 0. The molecule has 1 saturated carbocycles. The molecule has 1 aliphatic rings. The van der Waals surface area contributed by atoms with E-state index in [1.165, 1.54) is 24.8 Å². The van der Waals surface area contributed by atoms with Gasteiger partial charge in [-0.3, -0.25) is 4.79 Å². The first-order valence-corrected chi connectivity index (χ1v) is 12.5. The first-order chi connectivity index (χ1) is 16.1. The van der Waals surface area contributed by atoms with Crippen molar-refractivity contribution >= 4 is 11.6 Å². The highest BCUT2D eigenvalue weighted by Crippen LogP contribution is 2.23. The van der Waals surface area contributed by atoms with Crippen LogP contribution in [0.5, 0.6) is 5.75 Å². The molecule has 1 fully saturated rings. The molecule has 0 heterocycles. The van der Waals surface area contributed by atoms with Gasteiger partial charge in [-0.2, -0.15) is 0 Å². The van der Waals surface area contributed by atoms with Gasteiger partial charge in [0.15, 0.2) is 0 Å². The number of nitrogens with two attached hydrogens (primary N) is 1. The number of carbonyl (C=O) groups is 1. The second kappa shape index (κ2) is 13.9. The van der Waals surface area contributed by atoms with Gasteiger partial charge in [0.2, 0.25) is 5.91 Å². The van der Waals surface area contributed by atoms with Crippen molar-refractivity contribution in [2.24, 2.45) is 0 Å². The zero-order valence-electron chi connectivity index (χ0n) is 19.8. The second-order valence-corrected chi connectivity index (χ2v) is 9.01. The number of nitrogens with one attached hydrogen (secondary N) is 2. The number of carbonyl (C=O) groups excluding carboxylic acids is 1. The third-order valence-corrected chi connectivity index (χ3v) is 6.50. The molecule has 5 N–H and O–H groups in total. The van der Waals surface area contributed by atoms with Gasteiger partial charge in [-0.25, -0.2) is 0 Å². The van der Waals surface area contributed by atoms with Gasteiger partial charge in [0.25, 0.3) is 0 Å². The van der Waals surface area contributed by atoms with E-state index in [-0.39, 0.29) is 11.7 Å². The van der Waals surface area contributed by atoms with E-state index in [4.69, 9.17) is 5.73 Å². The van der Waals surface area contributed by atoms with Gasteiger partial charge in [0.1, 0.15) is 5.75 Å². The summed E-state index contributed by atoms with van der Waals surface area (Å²) in [5.41, 5.74) is 8.61. The summed E-state index contributed by atoms with van der Waals surface area (Å²) in [5.74, 6) is 0.394. The molecule has 0 radical (unpaired) electrons. The van der Waals surface area contributed by atoms with Gasteiger partial charge in [-0.1, -0.05) is 55.7 Å². The number of phenolic OH excluding ortho intramolecular Hbond substituents is 1. The number of hydrogen-bond acceptors (Lipinski definition) is 5. The van der Waals surface area contributed by atoms with Crippen molar-refractivity contribution in [1.82, 2.24) is 15.5 Å². The quantitative estimate of drug-likeness (QED) is 0.212. The number of anilines is 1. The zero-order chi connectivity index (χ0) is 23.3. The van der Waals surface area contributed by atoms with E-state index in [0.717, 1.165) is 64.0 Å². The third-order valence-electron chi connectivity index (χ3n) is 6.50. The molecule has 180 valence electrons. The first kappa shape index (κ1) is 25.1. The number of phenols is 1. The van der Waals surface area contributed by atoms with Crippen molar-refractivity contribution in [1.29, 1.82) is 0 Å². The average Bonchev–Trinajstić information content (AvgIpc) is 2.84. The van der Waals surface area contributed by atoms with Crippen molar-refractivity contribution in [3.8, 4) is 5.75 Å². The Morgan fingerprint density at radius 2 is 1.61 bits per heavy atom. The van der Waals surface area contributed by atoms with Gasteiger partial charge in [-0.05, 0) is 62.0 Å². The van der Waals surface area contributed by atoms with E-state index in [1.807, 2.05) is 18.2 Å². The van der Waals surface area contributed by atoms with Crippen LogP contribution in [0.25, 0.3) is 0 Å². The fraction of sp³-hybridized carbons (Fsp3) is 0.519. The number of aromatic hydroxyl groups is 1. The molecule has 0 aromatic heterocycles. The smallest absolute Gasteiger partial charge is 0.224 e. The van der Waals surface area contributed by atoms with Crippen LogP contribution in [0.1, 0.15) is 49.7 Å². The summed E-state index contributed by atoms with van der Waals surface area (Å²) in [5, 5.41) is 16.5. The van der Waals surface area contributed by atoms with E-state index in [1.54, 1.807) is 6.07 Å². The number of hydrogen-bond donors (Lipinski definition) is 4. The molecule has 0 saturated heterocycles. The van der Waals surface area contributed by atoms with Gasteiger partial charge >= 0.3 is 0 Å². The summed E-state index contributed by atoms with van der Waals surface area (Å²) in [6.07, 6.45) is 8.36. The van der Waals surface area contributed by atoms with Crippen LogP contribution in [0.3, 0.4) is 0 Å². The maximum atomic E-state index is 13.1. The largest absolute Gasteiger partial charge is 0.506 e. The molecule has 2 aromatic rings. The minimum absolute atomic E-state index is 0.128. The Morgan fingerprint density at radius 3 is 2.33 bits per heavy atom. The molecule has 0 aliphatic heterocycles. The number of amides is 1. The highest BCUT2D eigenvalue weighted by atomic mass is 16.3. The molecule has 3 rings (SSSR count). The summed E-state index contributed by atoms with van der Waals surface area (Å²) in [6.45, 7) is 3.98. The van der Waals surface area contributed by atoms with Gasteiger partial charge < -0.3 is 26.4 Å². The predicted molar refractivity (Wildman–Crippen MR) is 135 cm³/mol. The monoisotopic (exact) mass is 452 g/mol. The lowest BCUT2D eigenvalue weighted by atomic mass is 9.94. The van der Waals surface area contributed by atoms with Crippen LogP contribution in [-0.4, -0.2) is 54.7 Å². The van der Waals surface area contributed by atoms with Crippen molar-refractivity contribution in [2.75, 3.05) is 38.5 Å². The Labute approximate surface area is 198 Å². The molecular weight excluding hydrogens is 412 g/mol. The van der Waals surface area contributed by atoms with Crippen molar-refractivity contribution in [2.45, 2.75) is 57.4 Å². The Kier molecular flexibility index (Phi) is 10.5. The zero-order valence-corrected chi connectivity index (χ0v) is 19.8. The number of nitrogens with zero attached hydrogens (tertiary/aromatic N) is 1. The fourth-order valence-corrected chi connectivity index (χ4v) is 4.56. The summed E-state index contributed by atoms with van der Waals surface area (Å²) in [7, 11) is 0. The molecule has 0 unspecified atom stereocenters. The topological polar surface area (TPSA) is 90.6 Å². The van der Waals surface area contributed by atoms with E-state index in [9.17, 15) is 9.90 Å². The third kappa shape index (κ3) is 8.71. The highest BCUT2D eigenvalue weighted by Gasteiger charge is 2.24. The van der Waals surface area contributed by atoms with E-state index in [0.29, 0.717) is 18.2 Å². The lowest BCUT2D eigenvalue weighted by Crippen LogP contribution is -2.45. The maximum Gasteiger partial charge on any atom is 0.224 e. The maximum absolute atomic E-state index is 13.1. The van der Waals surface area contributed by atoms with Gasteiger partial charge in [0, 0.05) is 32.1 Å². The van der Waals surface area contributed by atoms with Crippen LogP contribution in [0.15, 0.2) is 48.5 Å². The van der Waals surface area contributed by atoms with Crippen LogP contribution in [-0.2, 0) is 17.6 Å². The minimum Gasteiger partial charge on any atom is -0.506 e. The molecule has 6 nitrogen and oxygen atoms in total. The molecule has 0 bridgehead atoms. The van der Waals surface area contributed by atoms with Gasteiger partial charge in [0.05, 0.1) is 5.69 Å².